The first kappa shape index (κ1) is 32.1. The van der Waals surface area contributed by atoms with Crippen LogP contribution in [-0.2, 0) is 29.4 Å². The minimum Gasteiger partial charge on any atom is -0.508 e. The number of phenols is 1. The van der Waals surface area contributed by atoms with Crippen LogP contribution in [0.5, 0.6) is 17.2 Å². The summed E-state index contributed by atoms with van der Waals surface area (Å²) in [5, 5.41) is 20.0. The number of carbonyl (C=O) groups is 5. The summed E-state index contributed by atoms with van der Waals surface area (Å²) in [4.78, 5) is 70.4. The van der Waals surface area contributed by atoms with E-state index in [2.05, 4.69) is 0 Å². The number of ketones is 2. The van der Waals surface area contributed by atoms with Gasteiger partial charge in [-0.2, -0.15) is 0 Å². The molecule has 1 saturated heterocycles. The van der Waals surface area contributed by atoms with E-state index in [9.17, 15) is 24.6 Å². The lowest BCUT2D eigenvalue weighted by atomic mass is 9.44. The van der Waals surface area contributed by atoms with Crippen molar-refractivity contribution in [2.24, 2.45) is 23.7 Å². The topological polar surface area (TPSA) is 148 Å². The molecule has 1 aliphatic heterocycles. The van der Waals surface area contributed by atoms with Crippen LogP contribution in [-0.4, -0.2) is 65.2 Å². The van der Waals surface area contributed by atoms with E-state index >= 15 is 9.59 Å². The molecule has 6 atom stereocenters. The molecule has 1 heterocycles. The van der Waals surface area contributed by atoms with Crippen LogP contribution in [0.2, 0.25) is 0 Å². The number of methoxy groups -OCH3 is 2. The molecule has 2 amide bonds. The Bertz CT molecular complexity index is 1920. The minimum atomic E-state index is -1.52. The van der Waals surface area contributed by atoms with Crippen molar-refractivity contribution in [3.8, 4) is 17.2 Å². The largest absolute Gasteiger partial charge is 0.508 e. The highest BCUT2D eigenvalue weighted by atomic mass is 16.5. The molecule has 3 aromatic carbocycles. The molecule has 1 saturated carbocycles. The highest BCUT2D eigenvalue weighted by Crippen LogP contribution is 2.65. The Kier molecular flexibility index (Phi) is 7.97. The van der Waals surface area contributed by atoms with Gasteiger partial charge in [0, 0.05) is 41.6 Å². The van der Waals surface area contributed by atoms with Gasteiger partial charge in [-0.3, -0.25) is 28.9 Å². The summed E-state index contributed by atoms with van der Waals surface area (Å²) in [6.07, 6.45) is 3.24. The summed E-state index contributed by atoms with van der Waals surface area (Å²) in [7, 11) is 2.88. The highest BCUT2D eigenvalue weighted by molar-refractivity contribution is 6.31. The molecule has 6 unspecified atom stereocenters. The molecule has 0 bridgehead atoms. The van der Waals surface area contributed by atoms with Gasteiger partial charge in [-0.25, -0.2) is 0 Å². The zero-order valence-corrected chi connectivity index (χ0v) is 27.0. The molecule has 10 nitrogen and oxygen atoms in total. The van der Waals surface area contributed by atoms with Gasteiger partial charge >= 0.3 is 5.97 Å². The van der Waals surface area contributed by atoms with E-state index in [-0.39, 0.29) is 60.2 Å². The number of hydrogen-bond acceptors (Lipinski definition) is 8. The monoisotopic (exact) mass is 661 g/mol. The van der Waals surface area contributed by atoms with Crippen LogP contribution in [0.1, 0.15) is 41.9 Å². The van der Waals surface area contributed by atoms with Crippen LogP contribution in [0.4, 0.5) is 0 Å². The van der Waals surface area contributed by atoms with Crippen molar-refractivity contribution in [3.63, 3.8) is 0 Å². The van der Waals surface area contributed by atoms with E-state index in [0.29, 0.717) is 22.3 Å². The fraction of sp³-hybridized carbons (Fsp3) is 0.308. The maximum atomic E-state index is 15.2. The second-order valence-electron chi connectivity index (χ2n) is 13.0. The van der Waals surface area contributed by atoms with E-state index in [1.165, 1.54) is 32.4 Å². The van der Waals surface area contributed by atoms with Crippen molar-refractivity contribution < 1.29 is 43.7 Å². The molecule has 4 aliphatic rings. The van der Waals surface area contributed by atoms with Crippen molar-refractivity contribution in [1.29, 1.82) is 0 Å². The molecule has 10 heteroatoms. The molecule has 250 valence electrons. The number of carboxylic acid groups (broad SMARTS) is 1. The zero-order valence-electron chi connectivity index (χ0n) is 27.0. The quantitative estimate of drug-likeness (QED) is 0.259. The van der Waals surface area contributed by atoms with E-state index in [0.717, 1.165) is 4.90 Å². The molecule has 0 spiro atoms. The second-order valence-corrected chi connectivity index (χ2v) is 13.0. The molecular formula is C39H35NO9. The first-order valence-corrected chi connectivity index (χ1v) is 16.3. The first-order chi connectivity index (χ1) is 23.6. The number of allylic oxidation sites excluding steroid dienone is 4. The Hall–Kier alpha value is -5.51. The number of aliphatic carboxylic acids is 1. The molecule has 2 N–H and O–H groups in total. The number of fused-ring (bicyclic) bond motifs is 4. The standard InChI is InChI=1S/C39H35NO9/c1-48-29-17-23(41)18-30(49-2)34(29)35-24-13-14-25-33(38(47)40(37(25)46)16-15-32(43)44)27(24)19-28-36(45)26(21-9-5-3-6-10-21)20-31(42)39(28,35)22-11-7-4-8-12-22/h3-13,17-18,20,25,27-28,33,35,41H,14-16,19H2,1-2H3,(H,43,44). The number of benzene rings is 3. The SMILES string of the molecule is COc1cc(O)cc(OC)c1C1C2=CCC3C(=O)N(CCC(=O)O)C(=O)C3C2CC2C(=O)C(c3ccccc3)=CC(=O)C21c1ccccc1. The number of likely N-dealkylation sites (tertiary alicyclic amines) is 1. The third kappa shape index (κ3) is 4.80. The molecule has 0 radical (unpaired) electrons. The van der Waals surface area contributed by atoms with Gasteiger partial charge in [-0.15, -0.1) is 0 Å². The summed E-state index contributed by atoms with van der Waals surface area (Å²) in [5.74, 6) is -6.40. The number of imide groups is 1. The van der Waals surface area contributed by atoms with Crippen LogP contribution in [0.3, 0.4) is 0 Å². The van der Waals surface area contributed by atoms with Gasteiger partial charge in [0.1, 0.15) is 17.2 Å². The average molecular weight is 662 g/mol. The molecule has 3 aliphatic carbocycles. The fourth-order valence-corrected chi connectivity index (χ4v) is 8.89. The first-order valence-electron chi connectivity index (χ1n) is 16.3. The molecular weight excluding hydrogens is 626 g/mol. The number of carbonyl (C=O) groups excluding carboxylic acids is 4. The van der Waals surface area contributed by atoms with Gasteiger partial charge in [0.05, 0.1) is 37.9 Å². The summed E-state index contributed by atoms with van der Waals surface area (Å²) >= 11 is 0. The molecule has 7 rings (SSSR count). The number of ether oxygens (including phenoxy) is 2. The lowest BCUT2D eigenvalue weighted by molar-refractivity contribution is -0.142. The van der Waals surface area contributed by atoms with Gasteiger partial charge in [0.15, 0.2) is 11.6 Å². The number of phenolic OH excluding ortho intramolecular Hbond substituents is 1. The summed E-state index contributed by atoms with van der Waals surface area (Å²) in [6, 6.07) is 21.0. The number of nitrogens with zero attached hydrogens (tertiary/aromatic N) is 1. The third-order valence-electron chi connectivity index (χ3n) is 10.8. The van der Waals surface area contributed by atoms with Gasteiger partial charge < -0.3 is 19.7 Å². The summed E-state index contributed by atoms with van der Waals surface area (Å²) < 4.78 is 11.7. The smallest absolute Gasteiger partial charge is 0.305 e. The van der Waals surface area contributed by atoms with Gasteiger partial charge in [0.25, 0.3) is 0 Å². The number of amides is 2. The van der Waals surface area contributed by atoms with E-state index in [1.807, 2.05) is 42.5 Å². The minimum absolute atomic E-state index is 0.0989. The van der Waals surface area contributed by atoms with Crippen LogP contribution in [0.25, 0.3) is 5.57 Å². The molecule has 0 aromatic heterocycles. The second kappa shape index (κ2) is 12.2. The van der Waals surface area contributed by atoms with Crippen molar-refractivity contribution in [2.45, 2.75) is 30.6 Å². The molecule has 2 fully saturated rings. The fourth-order valence-electron chi connectivity index (χ4n) is 8.89. The van der Waals surface area contributed by atoms with E-state index in [4.69, 9.17) is 9.47 Å². The number of hydrogen-bond donors (Lipinski definition) is 2. The van der Waals surface area contributed by atoms with Crippen molar-refractivity contribution >= 4 is 34.9 Å². The Balaban J connectivity index is 1.52. The molecule has 3 aromatic rings. The van der Waals surface area contributed by atoms with Gasteiger partial charge in [0.2, 0.25) is 11.8 Å². The Morgan fingerprint density at radius 2 is 1.53 bits per heavy atom. The van der Waals surface area contributed by atoms with Crippen molar-refractivity contribution in [3.05, 3.63) is 107 Å². The summed E-state index contributed by atoms with van der Waals surface area (Å²) in [5.41, 5.74) is 1.07. The predicted octanol–water partition coefficient (Wildman–Crippen LogP) is 4.71. The Labute approximate surface area is 282 Å². The van der Waals surface area contributed by atoms with Gasteiger partial charge in [-0.05, 0) is 36.0 Å². The van der Waals surface area contributed by atoms with Crippen molar-refractivity contribution in [1.82, 2.24) is 4.90 Å². The van der Waals surface area contributed by atoms with E-state index in [1.54, 1.807) is 24.3 Å². The Morgan fingerprint density at radius 1 is 0.898 bits per heavy atom. The number of aromatic hydroxyl groups is 1. The normalized spacial score (nSPS) is 27.5. The lowest BCUT2D eigenvalue weighted by Crippen LogP contribution is -2.59. The third-order valence-corrected chi connectivity index (χ3v) is 10.8. The van der Waals surface area contributed by atoms with Crippen LogP contribution in [0, 0.1) is 23.7 Å². The maximum absolute atomic E-state index is 15.2. The molecule has 49 heavy (non-hydrogen) atoms. The van der Waals surface area contributed by atoms with Gasteiger partial charge in [-0.1, -0.05) is 72.3 Å². The van der Waals surface area contributed by atoms with Crippen molar-refractivity contribution in [2.75, 3.05) is 20.8 Å². The summed E-state index contributed by atoms with van der Waals surface area (Å²) in [6.45, 7) is -0.249. The van der Waals surface area contributed by atoms with Crippen LogP contribution in [0.15, 0.2) is 90.5 Å². The maximum Gasteiger partial charge on any atom is 0.305 e. The number of carboxylic acids is 1. The number of rotatable bonds is 8. The number of Topliss-reactive ketones (excluding diaryl/α,β-unsaturated/α-hetero) is 1. The van der Waals surface area contributed by atoms with Crippen LogP contribution >= 0.6 is 0 Å². The van der Waals surface area contributed by atoms with Crippen LogP contribution < -0.4 is 9.47 Å². The predicted molar refractivity (Wildman–Crippen MR) is 177 cm³/mol. The highest BCUT2D eigenvalue weighted by Gasteiger charge is 2.66. The average Bonchev–Trinajstić information content (AvgIpc) is 3.36. The Morgan fingerprint density at radius 3 is 2.14 bits per heavy atom. The van der Waals surface area contributed by atoms with E-state index < -0.39 is 52.8 Å². The lowest BCUT2D eigenvalue weighted by Gasteiger charge is -2.55. The zero-order chi connectivity index (χ0) is 34.6.